The van der Waals surface area contributed by atoms with Crippen LogP contribution in [0.4, 0.5) is 22.9 Å². The second kappa shape index (κ2) is 12.2. The number of aromatic carboxylic acids is 1. The van der Waals surface area contributed by atoms with Gasteiger partial charge in [-0.2, -0.15) is 4.98 Å². The number of quaternary nitrogens is 1. The summed E-state index contributed by atoms with van der Waals surface area (Å²) in [5.41, 5.74) is 5.71. The van der Waals surface area contributed by atoms with E-state index in [0.717, 1.165) is 42.3 Å². The van der Waals surface area contributed by atoms with E-state index >= 15 is 0 Å². The van der Waals surface area contributed by atoms with E-state index in [1.807, 2.05) is 62.6 Å². The van der Waals surface area contributed by atoms with Crippen molar-refractivity contribution in [1.82, 2.24) is 4.98 Å². The Balaban J connectivity index is 1.79. The Morgan fingerprint density at radius 3 is 2.50 bits per heavy atom. The lowest BCUT2D eigenvalue weighted by molar-refractivity contribution is -0.483. The third-order valence-corrected chi connectivity index (χ3v) is 7.01. The number of ether oxygens (including phenoxy) is 1. The highest BCUT2D eigenvalue weighted by Gasteiger charge is 2.25. The van der Waals surface area contributed by atoms with Crippen molar-refractivity contribution >= 4 is 34.6 Å². The number of benzene rings is 2. The van der Waals surface area contributed by atoms with Crippen molar-refractivity contribution in [3.05, 3.63) is 65.9 Å². The summed E-state index contributed by atoms with van der Waals surface area (Å²) < 4.78 is 5.19. The largest absolute Gasteiger partial charge is 0.477 e. The number of methoxy groups -OCH3 is 1. The van der Waals surface area contributed by atoms with Crippen LogP contribution in [0.1, 0.15) is 42.7 Å². The number of hydrogen-bond acceptors (Lipinski definition) is 6. The molecule has 1 fully saturated rings. The Labute approximate surface area is 224 Å². The number of hydrogen-bond donors (Lipinski definition) is 3. The summed E-state index contributed by atoms with van der Waals surface area (Å²) in [6, 6.07) is 17.8. The van der Waals surface area contributed by atoms with Crippen molar-refractivity contribution in [3.63, 3.8) is 0 Å². The zero-order valence-electron chi connectivity index (χ0n) is 22.7. The molecular weight excluding hydrogens is 478 g/mol. The molecule has 2 heterocycles. The molecule has 8 nitrogen and oxygen atoms in total. The molecule has 4 N–H and O–H groups in total. The maximum Gasteiger partial charge on any atom is 0.354 e. The maximum absolute atomic E-state index is 12.1. The first-order valence-corrected chi connectivity index (χ1v) is 13.2. The smallest absolute Gasteiger partial charge is 0.354 e. The van der Waals surface area contributed by atoms with Crippen molar-refractivity contribution < 1.29 is 20.0 Å². The molecule has 1 saturated heterocycles. The fourth-order valence-electron chi connectivity index (χ4n) is 4.78. The van der Waals surface area contributed by atoms with E-state index in [2.05, 4.69) is 26.9 Å². The van der Waals surface area contributed by atoms with Gasteiger partial charge in [0.05, 0.1) is 12.2 Å². The standard InChI is InChI=1S/C30H37N5O3/c1-20(2)28(31)27-25(21-10-12-23(13-11-21)34(3)16-17-38-4)19-26(30(36)37)33-29(27)32-22-8-7-9-24(18-22)35-14-5-6-15-35/h7-13,18-20,31H,5-6,14-17H2,1-4H3,(H,32,33)(H,36,37)/p+1. The average molecular weight is 517 g/mol. The van der Waals surface area contributed by atoms with Gasteiger partial charge in [-0.1, -0.05) is 32.0 Å². The minimum Gasteiger partial charge on any atom is -0.477 e. The van der Waals surface area contributed by atoms with Crippen molar-refractivity contribution in [2.24, 2.45) is 5.92 Å². The molecule has 0 atom stereocenters. The van der Waals surface area contributed by atoms with E-state index in [4.69, 9.17) is 10.1 Å². The Morgan fingerprint density at radius 2 is 1.87 bits per heavy atom. The van der Waals surface area contributed by atoms with Crippen LogP contribution in [0, 0.1) is 11.3 Å². The summed E-state index contributed by atoms with van der Waals surface area (Å²) in [6.45, 7) is 7.41. The number of aromatic nitrogens is 1. The van der Waals surface area contributed by atoms with Gasteiger partial charge in [0.1, 0.15) is 5.69 Å². The van der Waals surface area contributed by atoms with Crippen LogP contribution < -0.4 is 15.1 Å². The van der Waals surface area contributed by atoms with Crippen molar-refractivity contribution in [2.75, 3.05) is 50.2 Å². The molecule has 4 rings (SSSR count). The molecule has 1 aliphatic rings. The molecule has 8 heteroatoms. The van der Waals surface area contributed by atoms with E-state index in [1.54, 1.807) is 13.2 Å². The number of pyridine rings is 1. The fourth-order valence-corrected chi connectivity index (χ4v) is 4.78. The third kappa shape index (κ3) is 6.20. The highest BCUT2D eigenvalue weighted by Crippen LogP contribution is 2.32. The molecule has 0 radical (unpaired) electrons. The summed E-state index contributed by atoms with van der Waals surface area (Å²) in [6.07, 6.45) is 2.38. The number of likely N-dealkylation sites (N-methyl/N-ethyl adjacent to an activating group) is 1. The van der Waals surface area contributed by atoms with Crippen LogP contribution in [-0.2, 0) is 4.74 Å². The Kier molecular flexibility index (Phi) is 8.76. The van der Waals surface area contributed by atoms with Crippen LogP contribution >= 0.6 is 0 Å². The SMILES string of the molecule is COCCN(C)c1ccc(-c2cc(C(=O)O)nc([NH2+]c3cccc(N4CCCC4)c3)c2C(=N)C(C)C)cc1. The summed E-state index contributed by atoms with van der Waals surface area (Å²) in [5, 5.41) is 20.8. The lowest BCUT2D eigenvalue weighted by atomic mass is 9.91. The molecule has 0 aliphatic carbocycles. The predicted molar refractivity (Wildman–Crippen MR) is 153 cm³/mol. The molecular formula is C30H38N5O3+. The van der Waals surface area contributed by atoms with Crippen LogP contribution in [-0.4, -0.2) is 62.2 Å². The van der Waals surface area contributed by atoms with Crippen LogP contribution in [0.5, 0.6) is 0 Å². The zero-order valence-corrected chi connectivity index (χ0v) is 22.7. The Morgan fingerprint density at radius 1 is 1.16 bits per heavy atom. The zero-order chi connectivity index (χ0) is 27.2. The van der Waals surface area contributed by atoms with E-state index in [0.29, 0.717) is 29.3 Å². The number of carboxylic acids is 1. The predicted octanol–water partition coefficient (Wildman–Crippen LogP) is 4.68. The molecule has 38 heavy (non-hydrogen) atoms. The molecule has 1 aliphatic heterocycles. The molecule has 0 spiro atoms. The first kappa shape index (κ1) is 27.3. The van der Waals surface area contributed by atoms with Crippen molar-refractivity contribution in [1.29, 1.82) is 5.41 Å². The number of carboxylic acid groups (broad SMARTS) is 1. The molecule has 2 aromatic carbocycles. The molecule has 3 aromatic rings. The van der Waals surface area contributed by atoms with Gasteiger partial charge in [0.25, 0.3) is 0 Å². The van der Waals surface area contributed by atoms with Crippen LogP contribution in [0.15, 0.2) is 54.6 Å². The Bertz CT molecular complexity index is 1280. The van der Waals surface area contributed by atoms with Gasteiger partial charge in [-0.25, -0.2) is 4.79 Å². The molecule has 0 bridgehead atoms. The number of nitrogens with two attached hydrogens (primary N) is 1. The lowest BCUT2D eigenvalue weighted by Crippen LogP contribution is -2.72. The van der Waals surface area contributed by atoms with Crippen LogP contribution in [0.25, 0.3) is 11.1 Å². The quantitative estimate of drug-likeness (QED) is 0.252. The van der Waals surface area contributed by atoms with Crippen LogP contribution in [0.3, 0.4) is 0 Å². The van der Waals surface area contributed by atoms with E-state index in [1.165, 1.54) is 12.8 Å². The lowest BCUT2D eigenvalue weighted by Gasteiger charge is -2.20. The normalized spacial score (nSPS) is 13.2. The summed E-state index contributed by atoms with van der Waals surface area (Å²) in [4.78, 5) is 21.1. The monoisotopic (exact) mass is 516 g/mol. The third-order valence-electron chi connectivity index (χ3n) is 7.01. The van der Waals surface area contributed by atoms with Crippen LogP contribution in [0.2, 0.25) is 0 Å². The minimum atomic E-state index is -1.09. The fraction of sp³-hybridized carbons (Fsp3) is 0.367. The van der Waals surface area contributed by atoms with E-state index in [-0.39, 0.29) is 11.6 Å². The van der Waals surface area contributed by atoms with Gasteiger partial charge in [0.2, 0.25) is 5.82 Å². The van der Waals surface area contributed by atoms with Gasteiger partial charge >= 0.3 is 5.97 Å². The number of nitrogens with zero attached hydrogens (tertiary/aromatic N) is 3. The molecule has 1 aromatic heterocycles. The number of anilines is 2. The van der Waals surface area contributed by atoms with Crippen molar-refractivity contribution in [3.8, 4) is 11.1 Å². The van der Waals surface area contributed by atoms with Gasteiger partial charge in [-0.15, -0.1) is 0 Å². The Hall–Kier alpha value is -3.75. The van der Waals surface area contributed by atoms with Gasteiger partial charge in [-0.05, 0) is 54.7 Å². The first-order valence-electron chi connectivity index (χ1n) is 13.2. The minimum absolute atomic E-state index is 0.0384. The molecule has 200 valence electrons. The van der Waals surface area contributed by atoms with E-state index in [9.17, 15) is 9.90 Å². The average Bonchev–Trinajstić information content (AvgIpc) is 3.46. The molecule has 0 saturated carbocycles. The van der Waals surface area contributed by atoms with Crippen molar-refractivity contribution in [2.45, 2.75) is 26.7 Å². The highest BCUT2D eigenvalue weighted by molar-refractivity contribution is 6.08. The summed E-state index contributed by atoms with van der Waals surface area (Å²) in [7, 11) is 3.69. The second-order valence-electron chi connectivity index (χ2n) is 10.1. The molecule has 0 unspecified atom stereocenters. The highest BCUT2D eigenvalue weighted by atomic mass is 16.5. The number of nitrogens with one attached hydrogen (secondary N) is 1. The maximum atomic E-state index is 12.1. The topological polar surface area (TPSA) is 106 Å². The van der Waals surface area contributed by atoms with Gasteiger partial charge in [0, 0.05) is 62.5 Å². The number of rotatable bonds is 11. The summed E-state index contributed by atoms with van der Waals surface area (Å²) in [5.74, 6) is -0.655. The molecule has 0 amide bonds. The second-order valence-corrected chi connectivity index (χ2v) is 10.1. The first-order chi connectivity index (χ1) is 18.3. The van der Waals surface area contributed by atoms with Gasteiger partial charge in [0.15, 0.2) is 5.69 Å². The van der Waals surface area contributed by atoms with Gasteiger partial charge < -0.3 is 25.1 Å². The number of carbonyl (C=O) groups is 1. The van der Waals surface area contributed by atoms with E-state index < -0.39 is 5.97 Å². The summed E-state index contributed by atoms with van der Waals surface area (Å²) >= 11 is 0. The van der Waals surface area contributed by atoms with Gasteiger partial charge in [-0.3, -0.25) is 5.32 Å².